The molecule has 1 rings (SSSR count). The Hall–Kier alpha value is -1.54. The maximum absolute atomic E-state index is 11.7. The molecule has 0 atom stereocenters. The third kappa shape index (κ3) is 6.48. The Morgan fingerprint density at radius 2 is 1.86 bits per heavy atom. The molecule has 0 aromatic heterocycles. The summed E-state index contributed by atoms with van der Waals surface area (Å²) >= 11 is 4.72. The molecule has 0 saturated heterocycles. The van der Waals surface area contributed by atoms with Gasteiger partial charge in [0.2, 0.25) is 5.91 Å². The van der Waals surface area contributed by atoms with Gasteiger partial charge in [-0.2, -0.15) is 0 Å². The molecule has 0 radical (unpaired) electrons. The van der Waals surface area contributed by atoms with Gasteiger partial charge in [0.1, 0.15) is 0 Å². The van der Waals surface area contributed by atoms with Crippen molar-refractivity contribution in [3.8, 4) is 0 Å². The first kappa shape index (κ1) is 18.5. The fraction of sp³-hybridized carbons (Fsp3) is 0.357. The number of hydrazine groups is 1. The lowest BCUT2D eigenvalue weighted by Gasteiger charge is -2.10. The molecular formula is C14H18BrN3O3S. The van der Waals surface area contributed by atoms with Crippen LogP contribution in [0.3, 0.4) is 0 Å². The number of thioether (sulfide) groups is 1. The average Bonchev–Trinajstić information content (AvgIpc) is 2.43. The van der Waals surface area contributed by atoms with E-state index in [2.05, 4.69) is 32.1 Å². The Morgan fingerprint density at radius 1 is 1.18 bits per heavy atom. The van der Waals surface area contributed by atoms with Crippen molar-refractivity contribution in [1.29, 1.82) is 0 Å². The molecule has 22 heavy (non-hydrogen) atoms. The van der Waals surface area contributed by atoms with Gasteiger partial charge in [0.25, 0.3) is 0 Å². The number of rotatable bonds is 4. The molecule has 8 heteroatoms. The van der Waals surface area contributed by atoms with Crippen LogP contribution >= 0.6 is 27.7 Å². The van der Waals surface area contributed by atoms with E-state index in [-0.39, 0.29) is 11.8 Å². The van der Waals surface area contributed by atoms with E-state index in [1.54, 1.807) is 13.8 Å². The van der Waals surface area contributed by atoms with Gasteiger partial charge in [0, 0.05) is 15.4 Å². The van der Waals surface area contributed by atoms with Crippen LogP contribution in [-0.2, 0) is 14.4 Å². The van der Waals surface area contributed by atoms with Crippen LogP contribution in [0.5, 0.6) is 0 Å². The summed E-state index contributed by atoms with van der Waals surface area (Å²) in [5, 5.41) is 2.42. The number of carbonyl (C=O) groups is 3. The summed E-state index contributed by atoms with van der Waals surface area (Å²) in [5.74, 6) is -1.94. The number of nitrogens with one attached hydrogen (secondary N) is 3. The van der Waals surface area contributed by atoms with Gasteiger partial charge in [-0.1, -0.05) is 15.9 Å². The van der Waals surface area contributed by atoms with E-state index in [0.29, 0.717) is 0 Å². The highest BCUT2D eigenvalue weighted by Crippen LogP contribution is 2.24. The number of halogens is 1. The predicted octanol–water partition coefficient (Wildman–Crippen LogP) is 1.52. The normalized spacial score (nSPS) is 10.2. The van der Waals surface area contributed by atoms with E-state index in [4.69, 9.17) is 0 Å². The molecule has 3 amide bonds. The number of amides is 3. The highest BCUT2D eigenvalue weighted by molar-refractivity contribution is 9.10. The number of hydrogen-bond donors (Lipinski definition) is 3. The molecule has 0 saturated carbocycles. The van der Waals surface area contributed by atoms with E-state index >= 15 is 0 Å². The molecule has 0 aliphatic carbocycles. The minimum Gasteiger partial charge on any atom is -0.346 e. The first-order valence-electron chi connectivity index (χ1n) is 6.58. The second-order valence-electron chi connectivity index (χ2n) is 4.83. The Labute approximate surface area is 141 Å². The Morgan fingerprint density at radius 3 is 2.45 bits per heavy atom. The van der Waals surface area contributed by atoms with Gasteiger partial charge in [-0.25, -0.2) is 0 Å². The summed E-state index contributed by atoms with van der Waals surface area (Å²) in [6, 6.07) is 5.61. The van der Waals surface area contributed by atoms with Gasteiger partial charge in [-0.05, 0) is 44.5 Å². The van der Waals surface area contributed by atoms with Crippen molar-refractivity contribution in [2.24, 2.45) is 0 Å². The quantitative estimate of drug-likeness (QED) is 0.415. The highest BCUT2D eigenvalue weighted by Gasteiger charge is 2.15. The van der Waals surface area contributed by atoms with Crippen LogP contribution in [-0.4, -0.2) is 29.5 Å². The predicted molar refractivity (Wildman–Crippen MR) is 89.2 cm³/mol. The van der Waals surface area contributed by atoms with Crippen LogP contribution in [0.25, 0.3) is 0 Å². The summed E-state index contributed by atoms with van der Waals surface area (Å²) in [6.45, 7) is 5.42. The van der Waals surface area contributed by atoms with Crippen LogP contribution in [0.4, 0.5) is 0 Å². The first-order valence-corrected chi connectivity index (χ1v) is 8.36. The van der Waals surface area contributed by atoms with Crippen molar-refractivity contribution in [2.45, 2.75) is 31.7 Å². The van der Waals surface area contributed by atoms with E-state index in [1.807, 2.05) is 25.1 Å². The molecule has 1 aromatic carbocycles. The summed E-state index contributed by atoms with van der Waals surface area (Å²) in [5.41, 5.74) is 5.33. The Kier molecular flexibility index (Phi) is 7.40. The average molecular weight is 388 g/mol. The topological polar surface area (TPSA) is 87.3 Å². The van der Waals surface area contributed by atoms with Gasteiger partial charge >= 0.3 is 11.8 Å². The van der Waals surface area contributed by atoms with E-state index in [0.717, 1.165) is 14.9 Å². The lowest BCUT2D eigenvalue weighted by atomic mass is 10.2. The van der Waals surface area contributed by atoms with Gasteiger partial charge in [-0.3, -0.25) is 25.2 Å². The van der Waals surface area contributed by atoms with Crippen molar-refractivity contribution < 1.29 is 14.4 Å². The van der Waals surface area contributed by atoms with Gasteiger partial charge < -0.3 is 5.32 Å². The molecule has 0 fully saturated rings. The Bertz CT molecular complexity index is 578. The van der Waals surface area contributed by atoms with Crippen molar-refractivity contribution in [2.75, 3.05) is 5.75 Å². The number of benzene rings is 1. The van der Waals surface area contributed by atoms with E-state index in [1.165, 1.54) is 11.8 Å². The number of carbonyl (C=O) groups excluding carboxylic acids is 3. The van der Waals surface area contributed by atoms with E-state index < -0.39 is 17.7 Å². The molecule has 0 heterocycles. The maximum atomic E-state index is 11.7. The van der Waals surface area contributed by atoms with E-state index in [9.17, 15) is 14.4 Å². The zero-order valence-electron chi connectivity index (χ0n) is 12.5. The molecule has 0 aliphatic rings. The summed E-state index contributed by atoms with van der Waals surface area (Å²) in [6.07, 6.45) is 0. The van der Waals surface area contributed by atoms with Crippen molar-refractivity contribution >= 4 is 45.4 Å². The summed E-state index contributed by atoms with van der Waals surface area (Å²) in [4.78, 5) is 35.4. The molecule has 0 spiro atoms. The van der Waals surface area contributed by atoms with Crippen LogP contribution in [0.1, 0.15) is 19.4 Å². The molecule has 0 aliphatic heterocycles. The third-order valence-corrected chi connectivity index (χ3v) is 4.11. The molecular weight excluding hydrogens is 370 g/mol. The third-order valence-electron chi connectivity index (χ3n) is 2.44. The SMILES string of the molecule is Cc1cc(Br)ccc1SCC(=O)NNC(=O)C(=O)NC(C)C. The standard InChI is InChI=1S/C14H18BrN3O3S/c1-8(2)16-13(20)14(21)18-17-12(19)7-22-11-5-4-10(15)6-9(11)3/h4-6,8H,7H2,1-3H3,(H,16,20)(H,17,19)(H,18,21). The van der Waals surface area contributed by atoms with Gasteiger partial charge in [0.15, 0.2) is 0 Å². The molecule has 0 bridgehead atoms. The lowest BCUT2D eigenvalue weighted by Crippen LogP contribution is -2.50. The molecule has 1 aromatic rings. The smallest absolute Gasteiger partial charge is 0.327 e. The largest absolute Gasteiger partial charge is 0.346 e. The fourth-order valence-corrected chi connectivity index (χ4v) is 2.75. The van der Waals surface area contributed by atoms with Crippen LogP contribution in [0.15, 0.2) is 27.6 Å². The zero-order valence-corrected chi connectivity index (χ0v) is 14.9. The monoisotopic (exact) mass is 387 g/mol. The van der Waals surface area contributed by atoms with Crippen molar-refractivity contribution in [3.05, 3.63) is 28.2 Å². The van der Waals surface area contributed by atoms with Crippen molar-refractivity contribution in [3.63, 3.8) is 0 Å². The first-order chi connectivity index (χ1) is 10.3. The minimum atomic E-state index is -0.896. The van der Waals surface area contributed by atoms with Crippen LogP contribution in [0, 0.1) is 6.92 Å². The molecule has 6 nitrogen and oxygen atoms in total. The Balaban J connectivity index is 2.37. The maximum Gasteiger partial charge on any atom is 0.327 e. The number of aryl methyl sites for hydroxylation is 1. The van der Waals surface area contributed by atoms with Crippen LogP contribution in [0.2, 0.25) is 0 Å². The van der Waals surface area contributed by atoms with Crippen LogP contribution < -0.4 is 16.2 Å². The second kappa shape index (κ2) is 8.79. The second-order valence-corrected chi connectivity index (χ2v) is 6.76. The molecule has 0 unspecified atom stereocenters. The lowest BCUT2D eigenvalue weighted by molar-refractivity contribution is -0.141. The summed E-state index contributed by atoms with van der Waals surface area (Å²) in [7, 11) is 0. The highest BCUT2D eigenvalue weighted by atomic mass is 79.9. The molecule has 3 N–H and O–H groups in total. The van der Waals surface area contributed by atoms with Crippen molar-refractivity contribution in [1.82, 2.24) is 16.2 Å². The molecule has 120 valence electrons. The minimum absolute atomic E-state index is 0.133. The van der Waals surface area contributed by atoms with Gasteiger partial charge in [-0.15, -0.1) is 11.8 Å². The fourth-order valence-electron chi connectivity index (χ4n) is 1.47. The summed E-state index contributed by atoms with van der Waals surface area (Å²) < 4.78 is 0.974. The zero-order chi connectivity index (χ0) is 16.7. The van der Waals surface area contributed by atoms with Gasteiger partial charge in [0.05, 0.1) is 5.75 Å². The number of hydrogen-bond acceptors (Lipinski definition) is 4.